The van der Waals surface area contributed by atoms with E-state index in [9.17, 15) is 14.7 Å². The number of carbonyl (C=O) groups is 2. The number of para-hydroxylation sites is 1. The van der Waals surface area contributed by atoms with Crippen LogP contribution in [0.1, 0.15) is 23.3 Å². The van der Waals surface area contributed by atoms with Crippen molar-refractivity contribution in [2.75, 3.05) is 0 Å². The molecule has 2 aromatic rings. The zero-order valence-electron chi connectivity index (χ0n) is 8.71. The number of aldehydes is 1. The van der Waals surface area contributed by atoms with Crippen LogP contribution >= 0.6 is 0 Å². The van der Waals surface area contributed by atoms with Crippen LogP contribution in [0.15, 0.2) is 30.5 Å². The van der Waals surface area contributed by atoms with E-state index in [1.807, 2.05) is 6.07 Å². The van der Waals surface area contributed by atoms with Crippen LogP contribution in [0.4, 0.5) is 0 Å². The van der Waals surface area contributed by atoms with Crippen LogP contribution in [0.2, 0.25) is 0 Å². The molecule has 0 saturated heterocycles. The quantitative estimate of drug-likeness (QED) is 0.712. The van der Waals surface area contributed by atoms with Gasteiger partial charge in [0.25, 0.3) is 0 Å². The van der Waals surface area contributed by atoms with Crippen LogP contribution in [0, 0.1) is 0 Å². The smallest absolute Gasteiger partial charge is 0.152 e. The summed E-state index contributed by atoms with van der Waals surface area (Å²) in [5.74, 6) is -1.17. The fourth-order valence-electron chi connectivity index (χ4n) is 1.76. The summed E-state index contributed by atoms with van der Waals surface area (Å²) >= 11 is 0. The van der Waals surface area contributed by atoms with Crippen molar-refractivity contribution in [2.24, 2.45) is 0 Å². The molecule has 1 aromatic carbocycles. The summed E-state index contributed by atoms with van der Waals surface area (Å²) in [5.41, 5.74) is 1.21. The number of carboxylic acids is 1. The molecule has 0 aliphatic heterocycles. The Morgan fingerprint density at radius 1 is 1.44 bits per heavy atom. The third-order valence-corrected chi connectivity index (χ3v) is 2.66. The molecule has 0 spiro atoms. The normalized spacial score (nSPS) is 12.6. The summed E-state index contributed by atoms with van der Waals surface area (Å²) in [5, 5.41) is 11.6. The lowest BCUT2D eigenvalue weighted by Gasteiger charge is -2.15. The number of rotatable bonds is 3. The Labute approximate surface area is 92.1 Å². The van der Waals surface area contributed by atoms with E-state index in [-0.39, 0.29) is 0 Å². The maximum absolute atomic E-state index is 10.8. The number of fused-ring (bicyclic) bond motifs is 1. The van der Waals surface area contributed by atoms with Crippen LogP contribution in [0.3, 0.4) is 0 Å². The minimum Gasteiger partial charge on any atom is -0.548 e. The summed E-state index contributed by atoms with van der Waals surface area (Å²) in [6, 6.07) is 6.39. The first-order chi connectivity index (χ1) is 7.65. The van der Waals surface area contributed by atoms with Gasteiger partial charge >= 0.3 is 0 Å². The number of hydrogen-bond acceptors (Lipinski definition) is 3. The van der Waals surface area contributed by atoms with Crippen LogP contribution in [-0.4, -0.2) is 16.8 Å². The average molecular weight is 216 g/mol. The third kappa shape index (κ3) is 1.48. The molecule has 1 aromatic heterocycles. The van der Waals surface area contributed by atoms with E-state index in [1.165, 1.54) is 17.7 Å². The van der Waals surface area contributed by atoms with E-state index in [0.29, 0.717) is 5.56 Å². The van der Waals surface area contributed by atoms with Gasteiger partial charge in [-0.3, -0.25) is 4.79 Å². The molecule has 16 heavy (non-hydrogen) atoms. The van der Waals surface area contributed by atoms with Gasteiger partial charge in [-0.15, -0.1) is 0 Å². The van der Waals surface area contributed by atoms with E-state index in [0.717, 1.165) is 17.2 Å². The zero-order chi connectivity index (χ0) is 11.7. The monoisotopic (exact) mass is 216 g/mol. The van der Waals surface area contributed by atoms with Crippen molar-refractivity contribution in [2.45, 2.75) is 13.0 Å². The van der Waals surface area contributed by atoms with Gasteiger partial charge in [0.1, 0.15) is 0 Å². The first-order valence-corrected chi connectivity index (χ1v) is 4.90. The molecule has 0 unspecified atom stereocenters. The van der Waals surface area contributed by atoms with Crippen LogP contribution in [0.5, 0.6) is 0 Å². The fraction of sp³-hybridized carbons (Fsp3) is 0.167. The predicted octanol–water partition coefficient (Wildman–Crippen LogP) is 0.765. The molecule has 0 aliphatic rings. The van der Waals surface area contributed by atoms with Gasteiger partial charge in [0.05, 0.1) is 12.0 Å². The van der Waals surface area contributed by atoms with E-state index in [2.05, 4.69) is 0 Å². The van der Waals surface area contributed by atoms with Gasteiger partial charge in [0.15, 0.2) is 6.29 Å². The van der Waals surface area contributed by atoms with Crippen LogP contribution in [0.25, 0.3) is 10.9 Å². The first-order valence-electron chi connectivity index (χ1n) is 4.90. The highest BCUT2D eigenvalue weighted by molar-refractivity contribution is 5.98. The molecular weight excluding hydrogens is 206 g/mol. The first kappa shape index (κ1) is 10.4. The number of aromatic nitrogens is 1. The van der Waals surface area contributed by atoms with E-state index in [1.54, 1.807) is 18.2 Å². The average Bonchev–Trinajstić information content (AvgIpc) is 2.66. The van der Waals surface area contributed by atoms with Crippen LogP contribution < -0.4 is 5.11 Å². The van der Waals surface area contributed by atoms with Gasteiger partial charge < -0.3 is 14.5 Å². The second-order valence-corrected chi connectivity index (χ2v) is 3.62. The third-order valence-electron chi connectivity index (χ3n) is 2.66. The van der Waals surface area contributed by atoms with Crippen LogP contribution in [-0.2, 0) is 4.79 Å². The number of benzene rings is 1. The van der Waals surface area contributed by atoms with Gasteiger partial charge in [0.2, 0.25) is 0 Å². The summed E-state index contributed by atoms with van der Waals surface area (Å²) < 4.78 is 1.54. The highest BCUT2D eigenvalue weighted by atomic mass is 16.4. The van der Waals surface area contributed by atoms with Gasteiger partial charge in [0, 0.05) is 22.7 Å². The SMILES string of the molecule is C[C@H](C(=O)[O-])n1cc(C=O)c2ccccc21. The van der Waals surface area contributed by atoms with Gasteiger partial charge in [-0.2, -0.15) is 0 Å². The number of nitrogens with zero attached hydrogens (tertiary/aromatic N) is 1. The van der Waals surface area contributed by atoms with Crippen molar-refractivity contribution in [1.29, 1.82) is 0 Å². The van der Waals surface area contributed by atoms with Crippen molar-refractivity contribution >= 4 is 23.2 Å². The Balaban J connectivity index is 2.71. The highest BCUT2D eigenvalue weighted by Gasteiger charge is 2.12. The van der Waals surface area contributed by atoms with Gasteiger partial charge in [-0.25, -0.2) is 0 Å². The van der Waals surface area contributed by atoms with E-state index in [4.69, 9.17) is 0 Å². The Bertz CT molecular complexity index is 556. The molecule has 0 saturated carbocycles. The molecule has 0 fully saturated rings. The zero-order valence-corrected chi connectivity index (χ0v) is 8.71. The standard InChI is InChI=1S/C12H11NO3/c1-8(12(15)16)13-6-9(7-14)10-4-2-3-5-11(10)13/h2-8H,1H3,(H,15,16)/p-1/t8-/m1/s1. The lowest BCUT2D eigenvalue weighted by molar-refractivity contribution is -0.309. The van der Waals surface area contributed by atoms with Crippen molar-refractivity contribution in [3.63, 3.8) is 0 Å². The number of carboxylic acid groups (broad SMARTS) is 1. The number of carbonyl (C=O) groups excluding carboxylic acids is 2. The van der Waals surface area contributed by atoms with Crippen molar-refractivity contribution in [3.05, 3.63) is 36.0 Å². The Morgan fingerprint density at radius 3 is 2.75 bits per heavy atom. The van der Waals surface area contributed by atoms with Gasteiger partial charge in [-0.1, -0.05) is 18.2 Å². The molecule has 82 valence electrons. The summed E-state index contributed by atoms with van der Waals surface area (Å²) in [6.07, 6.45) is 2.26. The maximum atomic E-state index is 10.8. The number of hydrogen-bond donors (Lipinski definition) is 0. The van der Waals surface area contributed by atoms with Crippen molar-refractivity contribution < 1.29 is 14.7 Å². The van der Waals surface area contributed by atoms with Gasteiger partial charge in [-0.05, 0) is 13.0 Å². The molecule has 0 N–H and O–H groups in total. The number of aliphatic carboxylic acids is 1. The molecule has 1 atom stereocenters. The fourth-order valence-corrected chi connectivity index (χ4v) is 1.76. The molecular formula is C12H10NO3-. The lowest BCUT2D eigenvalue weighted by Crippen LogP contribution is -2.31. The van der Waals surface area contributed by atoms with E-state index >= 15 is 0 Å². The second-order valence-electron chi connectivity index (χ2n) is 3.62. The van der Waals surface area contributed by atoms with E-state index < -0.39 is 12.0 Å². The topological polar surface area (TPSA) is 62.1 Å². The molecule has 0 radical (unpaired) electrons. The molecule has 0 bridgehead atoms. The Hall–Kier alpha value is -2.10. The Morgan fingerprint density at radius 2 is 2.12 bits per heavy atom. The molecule has 1 heterocycles. The second kappa shape index (κ2) is 3.81. The minimum absolute atomic E-state index is 0.490. The minimum atomic E-state index is -1.17. The highest BCUT2D eigenvalue weighted by Crippen LogP contribution is 2.23. The summed E-state index contributed by atoms with van der Waals surface area (Å²) in [7, 11) is 0. The predicted molar refractivity (Wildman–Crippen MR) is 57.0 cm³/mol. The van der Waals surface area contributed by atoms with Crippen molar-refractivity contribution in [1.82, 2.24) is 4.57 Å². The molecule has 4 nitrogen and oxygen atoms in total. The lowest BCUT2D eigenvalue weighted by atomic mass is 10.2. The molecule has 2 rings (SSSR count). The van der Waals surface area contributed by atoms with Crippen molar-refractivity contribution in [3.8, 4) is 0 Å². The molecule has 0 aliphatic carbocycles. The largest absolute Gasteiger partial charge is 0.548 e. The Kier molecular flexibility index (Phi) is 2.48. The molecule has 4 heteroatoms. The maximum Gasteiger partial charge on any atom is 0.152 e. The summed E-state index contributed by atoms with van der Waals surface area (Å²) in [6.45, 7) is 1.52. The summed E-state index contributed by atoms with van der Waals surface area (Å²) in [4.78, 5) is 21.7. The molecule has 0 amide bonds.